The summed E-state index contributed by atoms with van der Waals surface area (Å²) in [5.74, 6) is 1.97. The molecule has 0 amide bonds. The van der Waals surface area contributed by atoms with Gasteiger partial charge in [-0.3, -0.25) is 4.79 Å². The number of hydrogen-bond donors (Lipinski definition) is 0. The van der Waals surface area contributed by atoms with Gasteiger partial charge >= 0.3 is 0 Å². The molecule has 35 heavy (non-hydrogen) atoms. The van der Waals surface area contributed by atoms with Gasteiger partial charge in [0.25, 0.3) is 0 Å². The molecule has 0 bridgehead atoms. The van der Waals surface area contributed by atoms with Gasteiger partial charge in [-0.1, -0.05) is 54.1 Å². The van der Waals surface area contributed by atoms with E-state index in [2.05, 4.69) is 16.7 Å². The quantitative estimate of drug-likeness (QED) is 0.249. The summed E-state index contributed by atoms with van der Waals surface area (Å²) in [7, 11) is 0. The van der Waals surface area contributed by atoms with E-state index in [0.29, 0.717) is 24.0 Å². The summed E-state index contributed by atoms with van der Waals surface area (Å²) < 4.78 is 13.5. The first-order valence-corrected chi connectivity index (χ1v) is 13.0. The van der Waals surface area contributed by atoms with Crippen molar-refractivity contribution in [3.8, 4) is 17.2 Å². The number of ketones is 1. The van der Waals surface area contributed by atoms with Gasteiger partial charge < -0.3 is 14.0 Å². The van der Waals surface area contributed by atoms with Crippen molar-refractivity contribution in [2.24, 2.45) is 0 Å². The Hall–Kier alpha value is -3.15. The van der Waals surface area contributed by atoms with E-state index in [1.807, 2.05) is 80.6 Å². The molecule has 0 saturated carbocycles. The molecule has 0 unspecified atom stereocenters. The van der Waals surface area contributed by atoms with E-state index in [0.717, 1.165) is 45.3 Å². The molecule has 4 aromatic rings. The summed E-state index contributed by atoms with van der Waals surface area (Å²) >= 11 is 7.75. The first kappa shape index (κ1) is 23.6. The number of halogens is 1. The SMILES string of the molecule is Cc1cc(C(=O)CS[C@@H](c2ccccc2)c2ccc(Cl)cc2)c(C)n1-c1ccc2c(c1)OCCO2. The van der Waals surface area contributed by atoms with E-state index >= 15 is 0 Å². The number of ether oxygens (including phenoxy) is 2. The van der Waals surface area contributed by atoms with Gasteiger partial charge in [0, 0.05) is 33.7 Å². The van der Waals surface area contributed by atoms with Crippen molar-refractivity contribution in [1.29, 1.82) is 0 Å². The molecule has 6 heteroatoms. The normalized spacial score (nSPS) is 13.5. The molecule has 0 fully saturated rings. The van der Waals surface area contributed by atoms with Crippen LogP contribution < -0.4 is 9.47 Å². The molecule has 0 spiro atoms. The van der Waals surface area contributed by atoms with Crippen molar-refractivity contribution >= 4 is 29.1 Å². The maximum atomic E-state index is 13.4. The van der Waals surface area contributed by atoms with Gasteiger partial charge in [-0.05, 0) is 55.3 Å². The van der Waals surface area contributed by atoms with Crippen LogP contribution in [0.3, 0.4) is 0 Å². The summed E-state index contributed by atoms with van der Waals surface area (Å²) in [6.07, 6.45) is 0. The van der Waals surface area contributed by atoms with Crippen LogP contribution in [-0.2, 0) is 0 Å². The van der Waals surface area contributed by atoms with Crippen molar-refractivity contribution in [2.45, 2.75) is 19.1 Å². The number of hydrogen-bond acceptors (Lipinski definition) is 4. The lowest BCUT2D eigenvalue weighted by Crippen LogP contribution is -2.15. The van der Waals surface area contributed by atoms with Crippen molar-refractivity contribution in [3.63, 3.8) is 0 Å². The minimum Gasteiger partial charge on any atom is -0.486 e. The van der Waals surface area contributed by atoms with E-state index in [1.54, 1.807) is 11.8 Å². The number of rotatable bonds is 7. The maximum Gasteiger partial charge on any atom is 0.174 e. The predicted molar refractivity (Wildman–Crippen MR) is 143 cm³/mol. The second-order valence-electron chi connectivity index (χ2n) is 8.52. The molecule has 3 aromatic carbocycles. The Morgan fingerprint density at radius 2 is 1.60 bits per heavy atom. The molecule has 4 nitrogen and oxygen atoms in total. The number of Topliss-reactive ketones (excluding diaryl/α,β-unsaturated/α-hetero) is 1. The zero-order chi connectivity index (χ0) is 24.4. The number of aryl methyl sites for hydroxylation is 1. The predicted octanol–water partition coefficient (Wildman–Crippen LogP) is 7.22. The molecule has 5 rings (SSSR count). The lowest BCUT2D eigenvalue weighted by Gasteiger charge is -2.20. The van der Waals surface area contributed by atoms with E-state index in [-0.39, 0.29) is 11.0 Å². The van der Waals surface area contributed by atoms with Gasteiger partial charge in [0.05, 0.1) is 11.0 Å². The number of benzene rings is 3. The monoisotopic (exact) mass is 503 g/mol. The molecule has 178 valence electrons. The lowest BCUT2D eigenvalue weighted by molar-refractivity contribution is 0.102. The highest BCUT2D eigenvalue weighted by Crippen LogP contribution is 2.37. The smallest absolute Gasteiger partial charge is 0.174 e. The van der Waals surface area contributed by atoms with E-state index in [9.17, 15) is 4.79 Å². The lowest BCUT2D eigenvalue weighted by atomic mass is 10.0. The Balaban J connectivity index is 1.39. The third-order valence-corrected chi connectivity index (χ3v) is 7.73. The van der Waals surface area contributed by atoms with Gasteiger partial charge in [0.1, 0.15) is 13.2 Å². The summed E-state index contributed by atoms with van der Waals surface area (Å²) in [5, 5.41) is 0.743. The van der Waals surface area contributed by atoms with Gasteiger partial charge in [0.2, 0.25) is 0 Å². The molecule has 0 saturated heterocycles. The van der Waals surface area contributed by atoms with Crippen LogP contribution in [0.15, 0.2) is 78.9 Å². The minimum atomic E-state index is 0.0405. The van der Waals surface area contributed by atoms with Crippen molar-refractivity contribution in [3.05, 3.63) is 112 Å². The highest BCUT2D eigenvalue weighted by atomic mass is 35.5. The zero-order valence-corrected chi connectivity index (χ0v) is 21.2. The van der Waals surface area contributed by atoms with Crippen LogP contribution >= 0.6 is 23.4 Å². The third kappa shape index (κ3) is 4.97. The van der Waals surface area contributed by atoms with Crippen LogP contribution in [-0.4, -0.2) is 29.3 Å². The van der Waals surface area contributed by atoms with Crippen LogP contribution in [0.5, 0.6) is 11.5 Å². The molecule has 1 aliphatic heterocycles. The largest absolute Gasteiger partial charge is 0.486 e. The van der Waals surface area contributed by atoms with Crippen LogP contribution in [0.1, 0.15) is 38.1 Å². The highest BCUT2D eigenvalue weighted by Gasteiger charge is 2.22. The molecule has 0 aliphatic carbocycles. The number of aromatic nitrogens is 1. The second kappa shape index (κ2) is 10.2. The molecule has 1 atom stereocenters. The van der Waals surface area contributed by atoms with Gasteiger partial charge in [-0.15, -0.1) is 11.8 Å². The summed E-state index contributed by atoms with van der Waals surface area (Å²) in [6.45, 7) is 5.12. The topological polar surface area (TPSA) is 40.5 Å². The summed E-state index contributed by atoms with van der Waals surface area (Å²) in [6, 6.07) is 26.0. The Bertz CT molecular complexity index is 1350. The highest BCUT2D eigenvalue weighted by molar-refractivity contribution is 8.00. The molecular formula is C29H26ClNO3S. The van der Waals surface area contributed by atoms with Gasteiger partial charge in [0.15, 0.2) is 17.3 Å². The Morgan fingerprint density at radius 1 is 0.914 bits per heavy atom. The number of thioether (sulfide) groups is 1. The van der Waals surface area contributed by atoms with Crippen LogP contribution in [0, 0.1) is 13.8 Å². The molecule has 0 radical (unpaired) electrons. The molecular weight excluding hydrogens is 478 g/mol. The van der Waals surface area contributed by atoms with Crippen LogP contribution in [0.25, 0.3) is 5.69 Å². The van der Waals surface area contributed by atoms with E-state index < -0.39 is 0 Å². The minimum absolute atomic E-state index is 0.0405. The van der Waals surface area contributed by atoms with Crippen LogP contribution in [0.2, 0.25) is 5.02 Å². The van der Waals surface area contributed by atoms with Gasteiger partial charge in [-0.2, -0.15) is 0 Å². The maximum absolute atomic E-state index is 13.4. The Labute approximate surface area is 214 Å². The van der Waals surface area contributed by atoms with Gasteiger partial charge in [-0.25, -0.2) is 0 Å². The van der Waals surface area contributed by atoms with Crippen molar-refractivity contribution in [2.75, 3.05) is 19.0 Å². The first-order chi connectivity index (χ1) is 17.0. The van der Waals surface area contributed by atoms with Crippen molar-refractivity contribution < 1.29 is 14.3 Å². The molecule has 0 N–H and O–H groups in total. The Kier molecular flexibility index (Phi) is 6.89. The molecule has 1 aliphatic rings. The number of nitrogens with zero attached hydrogens (tertiary/aromatic N) is 1. The van der Waals surface area contributed by atoms with Crippen molar-refractivity contribution in [1.82, 2.24) is 4.57 Å². The average Bonchev–Trinajstić information content (AvgIpc) is 3.19. The summed E-state index contributed by atoms with van der Waals surface area (Å²) in [4.78, 5) is 13.4. The fourth-order valence-corrected chi connectivity index (χ4v) is 5.80. The zero-order valence-electron chi connectivity index (χ0n) is 19.7. The number of carbonyl (C=O) groups is 1. The fraction of sp³-hybridized carbons (Fsp3) is 0.207. The first-order valence-electron chi connectivity index (χ1n) is 11.6. The third-order valence-electron chi connectivity index (χ3n) is 6.17. The Morgan fingerprint density at radius 3 is 2.34 bits per heavy atom. The molecule has 1 aromatic heterocycles. The summed E-state index contributed by atoms with van der Waals surface area (Å²) in [5.41, 5.74) is 5.92. The fourth-order valence-electron chi connectivity index (χ4n) is 4.50. The average molecular weight is 504 g/mol. The van der Waals surface area contributed by atoms with Crippen LogP contribution in [0.4, 0.5) is 0 Å². The standard InChI is InChI=1S/C29H26ClNO3S/c1-19-16-25(20(2)31(19)24-12-13-27-28(17-24)34-15-14-33-27)26(32)18-35-29(21-6-4-3-5-7-21)22-8-10-23(30)11-9-22/h3-13,16-17,29H,14-15,18H2,1-2H3/t29-/m0/s1. The molecule has 2 heterocycles. The van der Waals surface area contributed by atoms with E-state index in [1.165, 1.54) is 0 Å². The van der Waals surface area contributed by atoms with E-state index in [4.69, 9.17) is 21.1 Å². The number of carbonyl (C=O) groups excluding carboxylic acids is 1. The number of fused-ring (bicyclic) bond motifs is 1. The second-order valence-corrected chi connectivity index (χ2v) is 10.1.